The van der Waals surface area contributed by atoms with Gasteiger partial charge in [-0.05, 0) is 43.8 Å². The average Bonchev–Trinajstić information content (AvgIpc) is 2.81. The summed E-state index contributed by atoms with van der Waals surface area (Å²) in [5.41, 5.74) is 2.96. The Bertz CT molecular complexity index is 782. The SMILES string of the molecule is CNCc1c(Oc2cc(Br)ccc2C)nc2ccccn12. The monoisotopic (exact) mass is 345 g/mol. The summed E-state index contributed by atoms with van der Waals surface area (Å²) in [5.74, 6) is 1.45. The highest BCUT2D eigenvalue weighted by Gasteiger charge is 2.14. The van der Waals surface area contributed by atoms with Crippen molar-refractivity contribution in [1.82, 2.24) is 14.7 Å². The van der Waals surface area contributed by atoms with Crippen molar-refractivity contribution in [3.05, 3.63) is 58.3 Å². The van der Waals surface area contributed by atoms with Crippen molar-refractivity contribution in [2.75, 3.05) is 7.05 Å². The number of pyridine rings is 1. The summed E-state index contributed by atoms with van der Waals surface area (Å²) in [6.45, 7) is 2.71. The summed E-state index contributed by atoms with van der Waals surface area (Å²) in [4.78, 5) is 4.58. The number of nitrogens with one attached hydrogen (secondary N) is 1. The van der Waals surface area contributed by atoms with Crippen LogP contribution in [0.3, 0.4) is 0 Å². The number of nitrogens with zero attached hydrogens (tertiary/aromatic N) is 2. The van der Waals surface area contributed by atoms with E-state index in [0.717, 1.165) is 27.1 Å². The molecule has 0 aliphatic heterocycles. The number of aromatic nitrogens is 2. The molecule has 0 aliphatic rings. The Morgan fingerprint density at radius 2 is 2.14 bits per heavy atom. The molecule has 0 spiro atoms. The number of ether oxygens (including phenoxy) is 1. The molecule has 0 saturated heterocycles. The van der Waals surface area contributed by atoms with Crippen LogP contribution in [0.4, 0.5) is 0 Å². The predicted octanol–water partition coefficient (Wildman–Crippen LogP) is 3.92. The summed E-state index contributed by atoms with van der Waals surface area (Å²) in [6.07, 6.45) is 2.00. The van der Waals surface area contributed by atoms with Gasteiger partial charge in [-0.25, -0.2) is 0 Å². The number of aryl methyl sites for hydroxylation is 1. The first-order valence-corrected chi connectivity index (χ1v) is 7.53. The van der Waals surface area contributed by atoms with Gasteiger partial charge in [-0.15, -0.1) is 0 Å². The molecule has 1 aromatic carbocycles. The Morgan fingerprint density at radius 3 is 2.95 bits per heavy atom. The third-order valence-corrected chi connectivity index (χ3v) is 3.79. The lowest BCUT2D eigenvalue weighted by Crippen LogP contribution is -2.08. The van der Waals surface area contributed by atoms with E-state index in [9.17, 15) is 0 Å². The van der Waals surface area contributed by atoms with Crippen molar-refractivity contribution in [2.45, 2.75) is 13.5 Å². The van der Waals surface area contributed by atoms with E-state index in [4.69, 9.17) is 4.74 Å². The van der Waals surface area contributed by atoms with E-state index in [1.165, 1.54) is 0 Å². The first-order valence-electron chi connectivity index (χ1n) is 6.73. The Morgan fingerprint density at radius 1 is 1.29 bits per heavy atom. The van der Waals surface area contributed by atoms with Crippen LogP contribution in [0.25, 0.3) is 5.65 Å². The van der Waals surface area contributed by atoms with Crippen LogP contribution in [0.2, 0.25) is 0 Å². The molecule has 2 aromatic heterocycles. The highest BCUT2D eigenvalue weighted by atomic mass is 79.9. The summed E-state index contributed by atoms with van der Waals surface area (Å²) in [6, 6.07) is 11.9. The van der Waals surface area contributed by atoms with Crippen molar-refractivity contribution in [3.63, 3.8) is 0 Å². The fourth-order valence-corrected chi connectivity index (χ4v) is 2.56. The Hall–Kier alpha value is -1.85. The third-order valence-electron chi connectivity index (χ3n) is 3.29. The van der Waals surface area contributed by atoms with Crippen LogP contribution in [-0.2, 0) is 6.54 Å². The van der Waals surface area contributed by atoms with Gasteiger partial charge in [0.2, 0.25) is 5.88 Å². The molecular formula is C16H16BrN3O. The number of rotatable bonds is 4. The maximum absolute atomic E-state index is 6.06. The summed E-state index contributed by atoms with van der Waals surface area (Å²) < 4.78 is 9.09. The summed E-state index contributed by atoms with van der Waals surface area (Å²) in [7, 11) is 1.91. The quantitative estimate of drug-likeness (QED) is 0.778. The summed E-state index contributed by atoms with van der Waals surface area (Å²) in [5, 5.41) is 3.16. The zero-order valence-corrected chi connectivity index (χ0v) is 13.5. The number of imidazole rings is 1. The lowest BCUT2D eigenvalue weighted by atomic mass is 10.2. The molecule has 0 unspecified atom stereocenters. The van der Waals surface area contributed by atoms with E-state index >= 15 is 0 Å². The minimum atomic E-state index is 0.636. The molecule has 3 aromatic rings. The Kier molecular flexibility index (Phi) is 3.94. The largest absolute Gasteiger partial charge is 0.437 e. The van der Waals surface area contributed by atoms with Crippen LogP contribution in [0.15, 0.2) is 47.1 Å². The van der Waals surface area contributed by atoms with Gasteiger partial charge < -0.3 is 10.1 Å². The van der Waals surface area contributed by atoms with E-state index in [1.807, 2.05) is 61.0 Å². The fourth-order valence-electron chi connectivity index (χ4n) is 2.22. The Balaban J connectivity index is 2.07. The maximum atomic E-state index is 6.06. The van der Waals surface area contributed by atoms with Gasteiger partial charge in [-0.3, -0.25) is 4.40 Å². The lowest BCUT2D eigenvalue weighted by Gasteiger charge is -2.09. The molecule has 0 radical (unpaired) electrons. The second-order valence-corrected chi connectivity index (χ2v) is 5.75. The van der Waals surface area contributed by atoms with Crippen LogP contribution < -0.4 is 10.1 Å². The van der Waals surface area contributed by atoms with Crippen LogP contribution in [0, 0.1) is 6.92 Å². The molecule has 0 amide bonds. The van der Waals surface area contributed by atoms with Crippen molar-refractivity contribution in [2.24, 2.45) is 0 Å². The highest BCUT2D eigenvalue weighted by molar-refractivity contribution is 9.10. The van der Waals surface area contributed by atoms with Crippen LogP contribution in [-0.4, -0.2) is 16.4 Å². The minimum Gasteiger partial charge on any atom is -0.437 e. The molecule has 0 aliphatic carbocycles. The van der Waals surface area contributed by atoms with Crippen LogP contribution in [0.5, 0.6) is 11.6 Å². The first-order chi connectivity index (χ1) is 10.2. The average molecular weight is 346 g/mol. The second-order valence-electron chi connectivity index (χ2n) is 4.83. The first kappa shape index (κ1) is 14.1. The molecule has 2 heterocycles. The molecule has 21 heavy (non-hydrogen) atoms. The maximum Gasteiger partial charge on any atom is 0.242 e. The zero-order chi connectivity index (χ0) is 14.8. The molecule has 3 rings (SSSR count). The minimum absolute atomic E-state index is 0.636. The van der Waals surface area contributed by atoms with E-state index in [1.54, 1.807) is 0 Å². The zero-order valence-electron chi connectivity index (χ0n) is 11.9. The van der Waals surface area contributed by atoms with Gasteiger partial charge in [-0.2, -0.15) is 4.98 Å². The van der Waals surface area contributed by atoms with Gasteiger partial charge in [0.1, 0.15) is 17.1 Å². The van der Waals surface area contributed by atoms with Gasteiger partial charge in [-0.1, -0.05) is 28.1 Å². The topological polar surface area (TPSA) is 38.6 Å². The van der Waals surface area contributed by atoms with Crippen molar-refractivity contribution >= 4 is 21.6 Å². The summed E-state index contributed by atoms with van der Waals surface area (Å²) >= 11 is 3.48. The molecule has 5 heteroatoms. The highest BCUT2D eigenvalue weighted by Crippen LogP contribution is 2.30. The number of halogens is 1. The predicted molar refractivity (Wildman–Crippen MR) is 86.9 cm³/mol. The van der Waals surface area contributed by atoms with E-state index in [-0.39, 0.29) is 0 Å². The van der Waals surface area contributed by atoms with Crippen molar-refractivity contribution in [3.8, 4) is 11.6 Å². The number of hydrogen-bond acceptors (Lipinski definition) is 3. The van der Waals surface area contributed by atoms with Crippen molar-refractivity contribution < 1.29 is 4.74 Å². The molecule has 4 nitrogen and oxygen atoms in total. The van der Waals surface area contributed by atoms with E-state index in [2.05, 4.69) is 26.2 Å². The Labute approximate surface area is 131 Å². The fraction of sp³-hybridized carbons (Fsp3) is 0.188. The normalized spacial score (nSPS) is 11.0. The van der Waals surface area contributed by atoms with Gasteiger partial charge in [0.15, 0.2) is 0 Å². The van der Waals surface area contributed by atoms with Gasteiger partial charge >= 0.3 is 0 Å². The molecule has 0 fully saturated rings. The van der Waals surface area contributed by atoms with Gasteiger partial charge in [0, 0.05) is 17.2 Å². The second kappa shape index (κ2) is 5.87. The third kappa shape index (κ3) is 2.80. The van der Waals surface area contributed by atoms with Crippen LogP contribution >= 0.6 is 15.9 Å². The van der Waals surface area contributed by atoms with E-state index in [0.29, 0.717) is 12.4 Å². The van der Waals surface area contributed by atoms with E-state index < -0.39 is 0 Å². The molecule has 108 valence electrons. The number of benzene rings is 1. The molecular weight excluding hydrogens is 330 g/mol. The molecule has 0 atom stereocenters. The molecule has 0 bridgehead atoms. The number of hydrogen-bond donors (Lipinski definition) is 1. The van der Waals surface area contributed by atoms with Gasteiger partial charge in [0.05, 0.1) is 0 Å². The smallest absolute Gasteiger partial charge is 0.242 e. The van der Waals surface area contributed by atoms with Crippen molar-refractivity contribution in [1.29, 1.82) is 0 Å². The standard InChI is InChI=1S/C16H16BrN3O/c1-11-6-7-12(17)9-14(11)21-16-13(10-18-2)20-8-4-3-5-15(20)19-16/h3-9,18H,10H2,1-2H3. The van der Waals surface area contributed by atoms with Gasteiger partial charge in [0.25, 0.3) is 0 Å². The molecule has 1 N–H and O–H groups in total. The lowest BCUT2D eigenvalue weighted by molar-refractivity contribution is 0.453. The van der Waals surface area contributed by atoms with Crippen LogP contribution in [0.1, 0.15) is 11.3 Å². The number of fused-ring (bicyclic) bond motifs is 1. The molecule has 0 saturated carbocycles.